The molecule has 20 heavy (non-hydrogen) atoms. The van der Waals surface area contributed by atoms with E-state index in [-0.39, 0.29) is 5.91 Å². The van der Waals surface area contributed by atoms with Crippen molar-refractivity contribution >= 4 is 18.2 Å². The van der Waals surface area contributed by atoms with E-state index in [4.69, 9.17) is 0 Å². The summed E-state index contributed by atoms with van der Waals surface area (Å²) in [6.07, 6.45) is 8.10. The van der Waals surface area contributed by atoms with Gasteiger partial charge in [0.25, 0.3) is 5.91 Å². The number of carbonyl (C=O) groups excluding carboxylic acids is 1. The first-order valence-electron chi connectivity index (χ1n) is 6.22. The van der Waals surface area contributed by atoms with E-state index < -0.39 is 0 Å². The van der Waals surface area contributed by atoms with Crippen LogP contribution in [0.5, 0.6) is 0 Å². The van der Waals surface area contributed by atoms with Gasteiger partial charge in [-0.3, -0.25) is 9.78 Å². The van der Waals surface area contributed by atoms with Crippen molar-refractivity contribution in [3.8, 4) is 0 Å². The number of aryl methyl sites for hydroxylation is 1. The summed E-state index contributed by atoms with van der Waals surface area (Å²) >= 11 is 0. The Balaban J connectivity index is 1.86. The predicted molar refractivity (Wildman–Crippen MR) is 80.2 cm³/mol. The van der Waals surface area contributed by atoms with Gasteiger partial charge in [0.2, 0.25) is 0 Å². The van der Waals surface area contributed by atoms with Gasteiger partial charge in [-0.1, -0.05) is 29.8 Å². The molecule has 4 heteroatoms. The minimum Gasteiger partial charge on any atom is -0.268 e. The SMILES string of the molecule is Cc1ccc(/C=C/C(=O)N/N=C\c2ccncc2)cc1. The highest BCUT2D eigenvalue weighted by atomic mass is 16.2. The second-order valence-corrected chi connectivity index (χ2v) is 4.26. The zero-order valence-electron chi connectivity index (χ0n) is 11.2. The van der Waals surface area contributed by atoms with Crippen molar-refractivity contribution < 1.29 is 4.79 Å². The average Bonchev–Trinajstić information content (AvgIpc) is 2.48. The van der Waals surface area contributed by atoms with Crippen LogP contribution in [0.25, 0.3) is 6.08 Å². The molecule has 0 atom stereocenters. The maximum absolute atomic E-state index is 11.5. The summed E-state index contributed by atoms with van der Waals surface area (Å²) < 4.78 is 0. The van der Waals surface area contributed by atoms with E-state index in [9.17, 15) is 4.79 Å². The van der Waals surface area contributed by atoms with Crippen molar-refractivity contribution in [2.45, 2.75) is 6.92 Å². The Morgan fingerprint density at radius 1 is 1.10 bits per heavy atom. The van der Waals surface area contributed by atoms with Gasteiger partial charge >= 0.3 is 0 Å². The first-order valence-corrected chi connectivity index (χ1v) is 6.22. The van der Waals surface area contributed by atoms with Gasteiger partial charge in [-0.2, -0.15) is 5.10 Å². The van der Waals surface area contributed by atoms with E-state index in [1.54, 1.807) is 36.8 Å². The molecule has 1 amide bonds. The highest BCUT2D eigenvalue weighted by Gasteiger charge is 1.92. The van der Waals surface area contributed by atoms with Crippen molar-refractivity contribution in [2.24, 2.45) is 5.10 Å². The first kappa shape index (κ1) is 13.7. The summed E-state index contributed by atoms with van der Waals surface area (Å²) in [5.74, 6) is -0.268. The Bertz CT molecular complexity index is 616. The Morgan fingerprint density at radius 3 is 2.50 bits per heavy atom. The number of hydrogen-bond donors (Lipinski definition) is 1. The number of nitrogens with zero attached hydrogens (tertiary/aromatic N) is 2. The molecule has 0 fully saturated rings. The van der Waals surface area contributed by atoms with E-state index in [1.807, 2.05) is 31.2 Å². The van der Waals surface area contributed by atoms with E-state index in [0.29, 0.717) is 0 Å². The van der Waals surface area contributed by atoms with Gasteiger partial charge in [-0.25, -0.2) is 5.43 Å². The van der Waals surface area contributed by atoms with Gasteiger partial charge in [-0.15, -0.1) is 0 Å². The number of rotatable bonds is 4. The molecule has 0 aliphatic carbocycles. The average molecular weight is 265 g/mol. The molecule has 2 rings (SSSR count). The molecule has 0 saturated carbocycles. The quantitative estimate of drug-likeness (QED) is 0.524. The summed E-state index contributed by atoms with van der Waals surface area (Å²) in [5, 5.41) is 3.86. The van der Waals surface area contributed by atoms with Gasteiger partial charge in [0.15, 0.2) is 0 Å². The summed E-state index contributed by atoms with van der Waals surface area (Å²) in [7, 11) is 0. The molecular weight excluding hydrogens is 250 g/mol. The van der Waals surface area contributed by atoms with Crippen LogP contribution in [0.15, 0.2) is 60.0 Å². The number of carbonyl (C=O) groups is 1. The topological polar surface area (TPSA) is 54.4 Å². The third kappa shape index (κ3) is 4.49. The summed E-state index contributed by atoms with van der Waals surface area (Å²) in [6.45, 7) is 2.02. The molecule has 1 N–H and O–H groups in total. The minimum atomic E-state index is -0.268. The van der Waals surface area contributed by atoms with Crippen molar-refractivity contribution in [3.63, 3.8) is 0 Å². The van der Waals surface area contributed by atoms with E-state index in [0.717, 1.165) is 11.1 Å². The van der Waals surface area contributed by atoms with Gasteiger partial charge in [0.1, 0.15) is 0 Å². The highest BCUT2D eigenvalue weighted by Crippen LogP contribution is 2.04. The second kappa shape index (κ2) is 6.99. The molecule has 0 bridgehead atoms. The summed E-state index contributed by atoms with van der Waals surface area (Å²) in [6, 6.07) is 11.5. The molecular formula is C16H15N3O. The molecule has 0 aliphatic rings. The van der Waals surface area contributed by atoms with Crippen molar-refractivity contribution in [1.29, 1.82) is 0 Å². The lowest BCUT2D eigenvalue weighted by Gasteiger charge is -1.95. The molecule has 0 radical (unpaired) electrons. The van der Waals surface area contributed by atoms with Gasteiger partial charge in [0, 0.05) is 18.5 Å². The number of aromatic nitrogens is 1. The zero-order chi connectivity index (χ0) is 14.2. The fourth-order valence-corrected chi connectivity index (χ4v) is 1.51. The van der Waals surface area contributed by atoms with Gasteiger partial charge in [0.05, 0.1) is 6.21 Å². The minimum absolute atomic E-state index is 0.268. The number of hydrazone groups is 1. The third-order valence-corrected chi connectivity index (χ3v) is 2.60. The van der Waals surface area contributed by atoms with Crippen LogP contribution in [0.1, 0.15) is 16.7 Å². The van der Waals surface area contributed by atoms with Gasteiger partial charge < -0.3 is 0 Å². The maximum atomic E-state index is 11.5. The fraction of sp³-hybridized carbons (Fsp3) is 0.0625. The number of nitrogens with one attached hydrogen (secondary N) is 1. The normalized spacial score (nSPS) is 11.1. The molecule has 2 aromatic rings. The molecule has 0 spiro atoms. The lowest BCUT2D eigenvalue weighted by atomic mass is 10.1. The Morgan fingerprint density at radius 2 is 1.80 bits per heavy atom. The van der Waals surface area contributed by atoms with Crippen molar-refractivity contribution in [3.05, 3.63) is 71.6 Å². The van der Waals surface area contributed by atoms with E-state index >= 15 is 0 Å². The molecule has 1 aromatic carbocycles. The number of benzene rings is 1. The molecule has 4 nitrogen and oxygen atoms in total. The maximum Gasteiger partial charge on any atom is 0.264 e. The Kier molecular flexibility index (Phi) is 4.78. The third-order valence-electron chi connectivity index (χ3n) is 2.60. The standard InChI is InChI=1S/C16H15N3O/c1-13-2-4-14(5-3-13)6-7-16(20)19-18-12-15-8-10-17-11-9-15/h2-12H,1H3,(H,19,20)/b7-6+,18-12-. The van der Waals surface area contributed by atoms with Crippen LogP contribution in [0.2, 0.25) is 0 Å². The van der Waals surface area contributed by atoms with Crippen LogP contribution in [0.4, 0.5) is 0 Å². The number of pyridine rings is 1. The Hall–Kier alpha value is -2.75. The van der Waals surface area contributed by atoms with Crippen LogP contribution in [0, 0.1) is 6.92 Å². The monoisotopic (exact) mass is 265 g/mol. The molecule has 1 aromatic heterocycles. The lowest BCUT2D eigenvalue weighted by Crippen LogP contribution is -2.14. The van der Waals surface area contributed by atoms with Crippen LogP contribution in [-0.2, 0) is 4.79 Å². The second-order valence-electron chi connectivity index (χ2n) is 4.26. The predicted octanol–water partition coefficient (Wildman–Crippen LogP) is 2.55. The molecule has 0 aliphatic heterocycles. The lowest BCUT2D eigenvalue weighted by molar-refractivity contribution is -0.116. The van der Waals surface area contributed by atoms with Gasteiger partial charge in [-0.05, 0) is 36.3 Å². The zero-order valence-corrected chi connectivity index (χ0v) is 11.2. The molecule has 0 unspecified atom stereocenters. The fourth-order valence-electron chi connectivity index (χ4n) is 1.51. The molecule has 0 saturated heterocycles. The molecule has 1 heterocycles. The van der Waals surface area contributed by atoms with Crippen molar-refractivity contribution in [2.75, 3.05) is 0 Å². The van der Waals surface area contributed by atoms with Crippen LogP contribution >= 0.6 is 0 Å². The first-order chi connectivity index (χ1) is 9.74. The van der Waals surface area contributed by atoms with Crippen LogP contribution in [0.3, 0.4) is 0 Å². The van der Waals surface area contributed by atoms with Crippen LogP contribution in [-0.4, -0.2) is 17.1 Å². The number of amides is 1. The Labute approximate surface area is 117 Å². The smallest absolute Gasteiger partial charge is 0.264 e. The summed E-state index contributed by atoms with van der Waals surface area (Å²) in [4.78, 5) is 15.4. The van der Waals surface area contributed by atoms with Crippen LogP contribution < -0.4 is 5.43 Å². The van der Waals surface area contributed by atoms with E-state index in [2.05, 4.69) is 15.5 Å². The van der Waals surface area contributed by atoms with Crippen molar-refractivity contribution in [1.82, 2.24) is 10.4 Å². The highest BCUT2D eigenvalue weighted by molar-refractivity contribution is 5.92. The molecule has 100 valence electrons. The summed E-state index contributed by atoms with van der Waals surface area (Å²) in [5.41, 5.74) is 5.48. The largest absolute Gasteiger partial charge is 0.268 e. The number of hydrogen-bond acceptors (Lipinski definition) is 3. The van der Waals surface area contributed by atoms with E-state index in [1.165, 1.54) is 11.6 Å².